The SMILES string of the molecule is O=C(Cn1cc([N+](=O)[O-])cn1)NCCS. The molecule has 0 saturated heterocycles. The van der Waals surface area contributed by atoms with Gasteiger partial charge < -0.3 is 5.32 Å². The first-order chi connectivity index (χ1) is 7.13. The molecule has 0 saturated carbocycles. The first-order valence-electron chi connectivity index (χ1n) is 4.18. The van der Waals surface area contributed by atoms with Gasteiger partial charge in [0.05, 0.1) is 4.92 Å². The largest absolute Gasteiger partial charge is 0.354 e. The molecule has 82 valence electrons. The zero-order chi connectivity index (χ0) is 11.3. The first kappa shape index (κ1) is 11.5. The van der Waals surface area contributed by atoms with E-state index in [0.717, 1.165) is 6.20 Å². The van der Waals surface area contributed by atoms with Gasteiger partial charge in [0.15, 0.2) is 0 Å². The zero-order valence-electron chi connectivity index (χ0n) is 7.79. The van der Waals surface area contributed by atoms with Crippen LogP contribution in [0.25, 0.3) is 0 Å². The van der Waals surface area contributed by atoms with Crippen molar-refractivity contribution < 1.29 is 9.72 Å². The Labute approximate surface area is 91.0 Å². The predicted molar refractivity (Wildman–Crippen MR) is 55.7 cm³/mol. The highest BCUT2D eigenvalue weighted by Gasteiger charge is 2.10. The Morgan fingerprint density at radius 3 is 3.00 bits per heavy atom. The molecule has 1 heterocycles. The van der Waals surface area contributed by atoms with Crippen molar-refractivity contribution in [3.63, 3.8) is 0 Å². The van der Waals surface area contributed by atoms with Crippen LogP contribution in [0.1, 0.15) is 0 Å². The minimum atomic E-state index is -0.560. The molecule has 0 fully saturated rings. The predicted octanol–water partition coefficient (Wildman–Crippen LogP) is -0.163. The van der Waals surface area contributed by atoms with Crippen molar-refractivity contribution in [1.82, 2.24) is 15.1 Å². The molecule has 7 nitrogen and oxygen atoms in total. The Kier molecular flexibility index (Phi) is 4.10. The van der Waals surface area contributed by atoms with Crippen LogP contribution in [0.5, 0.6) is 0 Å². The normalized spacial score (nSPS) is 9.93. The highest BCUT2D eigenvalue weighted by atomic mass is 32.1. The van der Waals surface area contributed by atoms with Gasteiger partial charge in [-0.2, -0.15) is 17.7 Å². The monoisotopic (exact) mass is 230 g/mol. The Balaban J connectivity index is 2.50. The fourth-order valence-corrected chi connectivity index (χ4v) is 1.04. The van der Waals surface area contributed by atoms with Gasteiger partial charge in [0.2, 0.25) is 5.91 Å². The van der Waals surface area contributed by atoms with E-state index < -0.39 is 4.92 Å². The molecule has 0 aliphatic rings. The molecule has 0 aliphatic heterocycles. The maximum absolute atomic E-state index is 11.2. The van der Waals surface area contributed by atoms with E-state index in [0.29, 0.717) is 12.3 Å². The minimum Gasteiger partial charge on any atom is -0.354 e. The molecule has 0 unspecified atom stereocenters. The van der Waals surface area contributed by atoms with Crippen LogP contribution in [0.15, 0.2) is 12.4 Å². The van der Waals surface area contributed by atoms with Gasteiger partial charge in [0.25, 0.3) is 0 Å². The summed E-state index contributed by atoms with van der Waals surface area (Å²) in [6, 6.07) is 0. The van der Waals surface area contributed by atoms with E-state index in [1.165, 1.54) is 10.9 Å². The van der Waals surface area contributed by atoms with Gasteiger partial charge in [-0.3, -0.25) is 19.6 Å². The maximum atomic E-state index is 11.2. The number of hydrogen-bond acceptors (Lipinski definition) is 5. The minimum absolute atomic E-state index is 0.0262. The molecule has 0 aliphatic carbocycles. The van der Waals surface area contributed by atoms with E-state index in [2.05, 4.69) is 23.0 Å². The smallest absolute Gasteiger partial charge is 0.307 e. The number of carbonyl (C=O) groups is 1. The third-order valence-corrected chi connectivity index (χ3v) is 1.79. The number of nitro groups is 1. The fourth-order valence-electron chi connectivity index (χ4n) is 0.932. The van der Waals surface area contributed by atoms with E-state index in [9.17, 15) is 14.9 Å². The van der Waals surface area contributed by atoms with E-state index in [1.807, 2.05) is 0 Å². The molecule has 0 aromatic carbocycles. The summed E-state index contributed by atoms with van der Waals surface area (Å²) in [5.74, 6) is 0.299. The van der Waals surface area contributed by atoms with Crippen LogP contribution in [0.4, 0.5) is 5.69 Å². The van der Waals surface area contributed by atoms with E-state index in [1.54, 1.807) is 0 Å². The molecule has 1 aromatic rings. The quantitative estimate of drug-likeness (QED) is 0.417. The second-order valence-electron chi connectivity index (χ2n) is 2.73. The second kappa shape index (κ2) is 5.35. The van der Waals surface area contributed by atoms with Crippen molar-refractivity contribution in [2.24, 2.45) is 0 Å². The van der Waals surface area contributed by atoms with Crippen LogP contribution < -0.4 is 5.32 Å². The molecular weight excluding hydrogens is 220 g/mol. The Morgan fingerprint density at radius 2 is 2.47 bits per heavy atom. The van der Waals surface area contributed by atoms with Crippen LogP contribution >= 0.6 is 12.6 Å². The number of aromatic nitrogens is 2. The summed E-state index contributed by atoms with van der Waals surface area (Å²) >= 11 is 3.93. The summed E-state index contributed by atoms with van der Waals surface area (Å²) in [7, 11) is 0. The molecule has 1 aromatic heterocycles. The van der Waals surface area contributed by atoms with Crippen LogP contribution in [0, 0.1) is 10.1 Å². The van der Waals surface area contributed by atoms with Gasteiger partial charge >= 0.3 is 5.69 Å². The van der Waals surface area contributed by atoms with Crippen molar-refractivity contribution in [3.8, 4) is 0 Å². The van der Waals surface area contributed by atoms with Crippen LogP contribution in [-0.2, 0) is 11.3 Å². The lowest BCUT2D eigenvalue weighted by molar-refractivity contribution is -0.385. The van der Waals surface area contributed by atoms with Gasteiger partial charge in [-0.1, -0.05) is 0 Å². The average Bonchev–Trinajstić information content (AvgIpc) is 2.63. The summed E-state index contributed by atoms with van der Waals surface area (Å²) in [6.07, 6.45) is 2.31. The summed E-state index contributed by atoms with van der Waals surface area (Å²) in [5.41, 5.74) is -0.128. The molecular formula is C7H10N4O3S. The van der Waals surface area contributed by atoms with E-state index in [-0.39, 0.29) is 18.1 Å². The van der Waals surface area contributed by atoms with Gasteiger partial charge in [-0.15, -0.1) is 0 Å². The van der Waals surface area contributed by atoms with E-state index in [4.69, 9.17) is 0 Å². The Bertz CT molecular complexity index is 365. The summed E-state index contributed by atoms with van der Waals surface area (Å²) < 4.78 is 1.21. The first-order valence-corrected chi connectivity index (χ1v) is 4.81. The lowest BCUT2D eigenvalue weighted by atomic mass is 10.5. The summed E-state index contributed by atoms with van der Waals surface area (Å²) in [4.78, 5) is 20.9. The summed E-state index contributed by atoms with van der Waals surface area (Å²) in [5, 5.41) is 16.6. The molecule has 0 radical (unpaired) electrons. The number of hydrogen-bond donors (Lipinski definition) is 2. The number of carbonyl (C=O) groups excluding carboxylic acids is 1. The van der Waals surface area contributed by atoms with Crippen molar-refractivity contribution in [2.75, 3.05) is 12.3 Å². The van der Waals surface area contributed by atoms with Gasteiger partial charge in [-0.25, -0.2) is 0 Å². The molecule has 0 atom stereocenters. The zero-order valence-corrected chi connectivity index (χ0v) is 8.68. The average molecular weight is 230 g/mol. The Hall–Kier alpha value is -1.57. The Morgan fingerprint density at radius 1 is 1.73 bits per heavy atom. The highest BCUT2D eigenvalue weighted by molar-refractivity contribution is 7.80. The van der Waals surface area contributed by atoms with Crippen molar-refractivity contribution in [1.29, 1.82) is 0 Å². The molecule has 15 heavy (non-hydrogen) atoms. The topological polar surface area (TPSA) is 90.1 Å². The van der Waals surface area contributed by atoms with Gasteiger partial charge in [0, 0.05) is 12.3 Å². The number of nitrogens with one attached hydrogen (secondary N) is 1. The number of nitrogens with zero attached hydrogens (tertiary/aromatic N) is 3. The summed E-state index contributed by atoms with van der Waals surface area (Å²) in [6.45, 7) is 0.437. The van der Waals surface area contributed by atoms with Gasteiger partial charge in [-0.05, 0) is 0 Å². The number of amides is 1. The standard InChI is InChI=1S/C7H10N4O3S/c12-7(8-1-2-15)5-10-4-6(3-9-10)11(13)14/h3-4,15H,1-2,5H2,(H,8,12). The maximum Gasteiger partial charge on any atom is 0.307 e. The number of rotatable bonds is 5. The number of thiol groups is 1. The van der Waals surface area contributed by atoms with E-state index >= 15 is 0 Å². The molecule has 8 heteroatoms. The lowest BCUT2D eigenvalue weighted by Gasteiger charge is -2.01. The lowest BCUT2D eigenvalue weighted by Crippen LogP contribution is -2.29. The molecule has 1 amide bonds. The van der Waals surface area contributed by atoms with Crippen LogP contribution in [0.3, 0.4) is 0 Å². The van der Waals surface area contributed by atoms with Crippen molar-refractivity contribution in [2.45, 2.75) is 6.54 Å². The highest BCUT2D eigenvalue weighted by Crippen LogP contribution is 2.06. The second-order valence-corrected chi connectivity index (χ2v) is 3.17. The molecule has 1 N–H and O–H groups in total. The van der Waals surface area contributed by atoms with Crippen LogP contribution in [-0.4, -0.2) is 32.9 Å². The van der Waals surface area contributed by atoms with Crippen molar-refractivity contribution in [3.05, 3.63) is 22.5 Å². The molecule has 1 rings (SSSR count). The third kappa shape index (κ3) is 3.58. The molecule has 0 spiro atoms. The third-order valence-electron chi connectivity index (χ3n) is 1.57. The van der Waals surface area contributed by atoms with Crippen LogP contribution in [0.2, 0.25) is 0 Å². The van der Waals surface area contributed by atoms with Crippen molar-refractivity contribution >= 4 is 24.2 Å². The van der Waals surface area contributed by atoms with Gasteiger partial charge in [0.1, 0.15) is 18.9 Å². The molecule has 0 bridgehead atoms. The fraction of sp³-hybridized carbons (Fsp3) is 0.429.